The summed E-state index contributed by atoms with van der Waals surface area (Å²) in [6, 6.07) is 10.8. The molecule has 0 aliphatic heterocycles. The zero-order valence-corrected chi connectivity index (χ0v) is 20.2. The predicted molar refractivity (Wildman–Crippen MR) is 133 cm³/mol. The van der Waals surface area contributed by atoms with Crippen molar-refractivity contribution in [2.24, 2.45) is 5.92 Å². The number of nitriles is 1. The maximum atomic E-state index is 12.8. The molecule has 1 N–H and O–H groups in total. The normalized spacial score (nSPS) is 13.6. The van der Waals surface area contributed by atoms with Crippen LogP contribution in [0.4, 0.5) is 11.6 Å². The molecule has 2 amide bonds. The van der Waals surface area contributed by atoms with E-state index in [0.29, 0.717) is 42.5 Å². The molecule has 0 saturated heterocycles. The fourth-order valence-electron chi connectivity index (χ4n) is 4.52. The lowest BCUT2D eigenvalue weighted by atomic mass is 10.0. The third kappa shape index (κ3) is 5.66. The van der Waals surface area contributed by atoms with Crippen LogP contribution in [0.25, 0.3) is 11.0 Å². The first-order valence-corrected chi connectivity index (χ1v) is 11.9. The van der Waals surface area contributed by atoms with Gasteiger partial charge in [0.25, 0.3) is 5.91 Å². The minimum absolute atomic E-state index is 0.108. The van der Waals surface area contributed by atoms with Crippen LogP contribution in [0.2, 0.25) is 0 Å². The number of anilines is 2. The Balaban J connectivity index is 1.58. The van der Waals surface area contributed by atoms with Gasteiger partial charge in [-0.05, 0) is 55.5 Å². The molecule has 0 bridgehead atoms. The zero-order valence-electron chi connectivity index (χ0n) is 20.2. The maximum absolute atomic E-state index is 12.8. The lowest BCUT2D eigenvalue weighted by Gasteiger charge is -2.19. The Morgan fingerprint density at radius 2 is 2.06 bits per heavy atom. The van der Waals surface area contributed by atoms with Crippen molar-refractivity contribution in [1.82, 2.24) is 14.5 Å². The van der Waals surface area contributed by atoms with Crippen molar-refractivity contribution in [2.75, 3.05) is 31.0 Å². The first-order chi connectivity index (χ1) is 17.0. The number of hydrogen-bond donors (Lipinski definition) is 1. The number of amides is 2. The van der Waals surface area contributed by atoms with E-state index in [0.717, 1.165) is 30.5 Å². The largest absolute Gasteiger partial charge is 0.385 e. The number of hydrogen-bond acceptors (Lipinski definition) is 6. The van der Waals surface area contributed by atoms with Gasteiger partial charge in [-0.25, -0.2) is 9.97 Å². The number of methoxy groups -OCH3 is 1. The Bertz CT molecular complexity index is 1240. The molecule has 182 valence electrons. The monoisotopic (exact) mass is 474 g/mol. The van der Waals surface area contributed by atoms with Crippen LogP contribution in [-0.4, -0.2) is 47.1 Å². The van der Waals surface area contributed by atoms with E-state index >= 15 is 0 Å². The fraction of sp³-hybridized carbons (Fsp3) is 0.423. The summed E-state index contributed by atoms with van der Waals surface area (Å²) in [4.78, 5) is 36.1. The molecule has 9 heteroatoms. The number of nitrogens with one attached hydrogen (secondary N) is 1. The number of aryl methyl sites for hydroxylation is 1. The van der Waals surface area contributed by atoms with E-state index < -0.39 is 5.91 Å². The van der Waals surface area contributed by atoms with Crippen molar-refractivity contribution >= 4 is 34.5 Å². The highest BCUT2D eigenvalue weighted by molar-refractivity contribution is 6.03. The van der Waals surface area contributed by atoms with Crippen LogP contribution >= 0.6 is 0 Å². The standard InChI is InChI=1S/C26H30N6O3/c1-31(24(33)14-18-6-3-4-7-18)20-9-11-23-22(15-20)29-26(32(23)12-5-13-35-2)30-25(34)21-10-8-19(16-27)17-28-21/h8-11,15,17-18H,3-7,12-14H2,1-2H3,(H,29,30,34). The third-order valence-electron chi connectivity index (χ3n) is 6.51. The number of carbonyl (C=O) groups excluding carboxylic acids is 2. The van der Waals surface area contributed by atoms with Gasteiger partial charge in [0.05, 0.1) is 16.6 Å². The Hall–Kier alpha value is -3.77. The Morgan fingerprint density at radius 1 is 1.26 bits per heavy atom. The molecule has 0 radical (unpaired) electrons. The van der Waals surface area contributed by atoms with E-state index in [1.54, 1.807) is 25.1 Å². The fourth-order valence-corrected chi connectivity index (χ4v) is 4.52. The van der Waals surface area contributed by atoms with Crippen molar-refractivity contribution in [3.8, 4) is 6.07 Å². The first-order valence-electron chi connectivity index (χ1n) is 11.9. The van der Waals surface area contributed by atoms with Gasteiger partial charge in [0, 0.05) is 45.6 Å². The molecule has 2 heterocycles. The molecular weight excluding hydrogens is 444 g/mol. The van der Waals surface area contributed by atoms with Crippen LogP contribution in [0.5, 0.6) is 0 Å². The van der Waals surface area contributed by atoms with Gasteiger partial charge in [-0.3, -0.25) is 14.9 Å². The summed E-state index contributed by atoms with van der Waals surface area (Å²) in [6.45, 7) is 1.16. The Labute approximate surface area is 204 Å². The highest BCUT2D eigenvalue weighted by atomic mass is 16.5. The first kappa shape index (κ1) is 24.4. The molecular formula is C26H30N6O3. The Kier molecular flexibility index (Phi) is 7.73. The summed E-state index contributed by atoms with van der Waals surface area (Å²) in [5.41, 5.74) is 2.88. The molecule has 0 unspecified atom stereocenters. The van der Waals surface area contributed by atoms with E-state index in [4.69, 9.17) is 10.00 Å². The minimum Gasteiger partial charge on any atom is -0.385 e. The molecule has 1 fully saturated rings. The molecule has 3 aromatic rings. The van der Waals surface area contributed by atoms with Crippen LogP contribution in [0.1, 0.15) is 54.6 Å². The molecule has 0 atom stereocenters. The van der Waals surface area contributed by atoms with Crippen LogP contribution in [0.3, 0.4) is 0 Å². The highest BCUT2D eigenvalue weighted by Gasteiger charge is 2.22. The molecule has 35 heavy (non-hydrogen) atoms. The number of nitrogens with zero attached hydrogens (tertiary/aromatic N) is 5. The lowest BCUT2D eigenvalue weighted by Crippen LogP contribution is -2.27. The molecule has 1 aliphatic rings. The van der Waals surface area contributed by atoms with Gasteiger partial charge in [-0.1, -0.05) is 12.8 Å². The molecule has 0 spiro atoms. The summed E-state index contributed by atoms with van der Waals surface area (Å²) < 4.78 is 7.12. The second-order valence-corrected chi connectivity index (χ2v) is 8.91. The molecule has 2 aromatic heterocycles. The number of ether oxygens (including phenoxy) is 1. The van der Waals surface area contributed by atoms with E-state index in [1.807, 2.05) is 28.8 Å². The number of benzene rings is 1. The van der Waals surface area contributed by atoms with Crippen molar-refractivity contribution in [3.63, 3.8) is 0 Å². The lowest BCUT2D eigenvalue weighted by molar-refractivity contribution is -0.119. The zero-order chi connectivity index (χ0) is 24.8. The number of pyridine rings is 1. The summed E-state index contributed by atoms with van der Waals surface area (Å²) in [5.74, 6) is 0.564. The quantitative estimate of drug-likeness (QED) is 0.467. The number of imidazole rings is 1. The second-order valence-electron chi connectivity index (χ2n) is 8.91. The average Bonchev–Trinajstić information content (AvgIpc) is 3.51. The number of fused-ring (bicyclic) bond motifs is 1. The molecule has 1 aliphatic carbocycles. The average molecular weight is 475 g/mol. The topological polar surface area (TPSA) is 113 Å². The Morgan fingerprint density at radius 3 is 2.74 bits per heavy atom. The van der Waals surface area contributed by atoms with Gasteiger partial charge in [0.2, 0.25) is 11.9 Å². The SMILES string of the molecule is COCCCn1c(NC(=O)c2ccc(C#N)cn2)nc2cc(N(C)C(=O)CC3CCCC3)ccc21. The summed E-state index contributed by atoms with van der Waals surface area (Å²) >= 11 is 0. The van der Waals surface area contributed by atoms with Crippen molar-refractivity contribution in [3.05, 3.63) is 47.8 Å². The van der Waals surface area contributed by atoms with Gasteiger partial charge in [0.15, 0.2) is 0 Å². The van der Waals surface area contributed by atoms with Crippen molar-refractivity contribution in [2.45, 2.75) is 45.1 Å². The number of aromatic nitrogens is 3. The van der Waals surface area contributed by atoms with E-state index in [-0.39, 0.29) is 11.6 Å². The molecule has 4 rings (SSSR count). The molecule has 1 saturated carbocycles. The van der Waals surface area contributed by atoms with Crippen LogP contribution in [0.15, 0.2) is 36.5 Å². The van der Waals surface area contributed by atoms with Crippen LogP contribution in [-0.2, 0) is 16.1 Å². The predicted octanol–water partition coefficient (Wildman–Crippen LogP) is 4.13. The van der Waals surface area contributed by atoms with Gasteiger partial charge in [-0.15, -0.1) is 0 Å². The van der Waals surface area contributed by atoms with E-state index in [9.17, 15) is 9.59 Å². The van der Waals surface area contributed by atoms with Crippen molar-refractivity contribution in [1.29, 1.82) is 5.26 Å². The smallest absolute Gasteiger partial charge is 0.276 e. The van der Waals surface area contributed by atoms with E-state index in [1.165, 1.54) is 25.1 Å². The maximum Gasteiger partial charge on any atom is 0.276 e. The minimum atomic E-state index is -0.415. The van der Waals surface area contributed by atoms with Crippen LogP contribution < -0.4 is 10.2 Å². The van der Waals surface area contributed by atoms with Gasteiger partial charge in [0.1, 0.15) is 11.8 Å². The summed E-state index contributed by atoms with van der Waals surface area (Å²) in [5, 5.41) is 11.8. The number of rotatable bonds is 9. The van der Waals surface area contributed by atoms with Gasteiger partial charge >= 0.3 is 0 Å². The van der Waals surface area contributed by atoms with Crippen LogP contribution in [0, 0.1) is 17.2 Å². The van der Waals surface area contributed by atoms with Gasteiger partial charge < -0.3 is 14.2 Å². The summed E-state index contributed by atoms with van der Waals surface area (Å²) in [7, 11) is 3.45. The van der Waals surface area contributed by atoms with Gasteiger partial charge in [-0.2, -0.15) is 5.26 Å². The van der Waals surface area contributed by atoms with E-state index in [2.05, 4.69) is 15.3 Å². The molecule has 1 aromatic carbocycles. The third-order valence-corrected chi connectivity index (χ3v) is 6.51. The number of carbonyl (C=O) groups is 2. The van der Waals surface area contributed by atoms with Crippen molar-refractivity contribution < 1.29 is 14.3 Å². The second kappa shape index (κ2) is 11.1. The summed E-state index contributed by atoms with van der Waals surface area (Å²) in [6.07, 6.45) is 7.34. The molecule has 9 nitrogen and oxygen atoms in total. The highest BCUT2D eigenvalue weighted by Crippen LogP contribution is 2.30.